The summed E-state index contributed by atoms with van der Waals surface area (Å²) in [5.74, 6) is -3.96. The first kappa shape index (κ1) is 31.5. The molecule has 0 spiro atoms. The van der Waals surface area contributed by atoms with Crippen LogP contribution in [0.3, 0.4) is 0 Å². The number of alkyl halides is 3. The molecule has 208 valence electrons. The van der Waals surface area contributed by atoms with E-state index in [1.807, 2.05) is 0 Å². The summed E-state index contributed by atoms with van der Waals surface area (Å²) in [6.45, 7) is 5.19. The highest BCUT2D eigenvalue weighted by molar-refractivity contribution is 5.81. The van der Waals surface area contributed by atoms with Crippen molar-refractivity contribution in [2.75, 3.05) is 46.2 Å². The quantitative estimate of drug-likeness (QED) is 0.234. The van der Waals surface area contributed by atoms with E-state index in [1.54, 1.807) is 12.2 Å². The van der Waals surface area contributed by atoms with E-state index < -0.39 is 54.5 Å². The molecule has 1 aliphatic heterocycles. The van der Waals surface area contributed by atoms with Crippen LogP contribution in [0, 0.1) is 5.92 Å². The monoisotopic (exact) mass is 530 g/mol. The second-order valence-corrected chi connectivity index (χ2v) is 7.85. The Morgan fingerprint density at radius 3 is 2.08 bits per heavy atom. The van der Waals surface area contributed by atoms with Crippen molar-refractivity contribution in [2.24, 2.45) is 5.92 Å². The summed E-state index contributed by atoms with van der Waals surface area (Å²) < 4.78 is 68.5. The van der Waals surface area contributed by atoms with Crippen LogP contribution >= 0.6 is 0 Å². The summed E-state index contributed by atoms with van der Waals surface area (Å²) in [5.41, 5.74) is 0. The van der Waals surface area contributed by atoms with Crippen LogP contribution in [-0.2, 0) is 47.6 Å². The summed E-state index contributed by atoms with van der Waals surface area (Å²) >= 11 is 0. The molecule has 2 amide bonds. The Labute approximate surface area is 206 Å². The highest BCUT2D eigenvalue weighted by Crippen LogP contribution is 2.29. The van der Waals surface area contributed by atoms with Gasteiger partial charge in [0.05, 0.1) is 39.1 Å². The highest BCUT2D eigenvalue weighted by atomic mass is 19.4. The Balaban J connectivity index is 2.49. The van der Waals surface area contributed by atoms with E-state index in [9.17, 15) is 32.3 Å². The van der Waals surface area contributed by atoms with Gasteiger partial charge in [0.25, 0.3) is 0 Å². The van der Waals surface area contributed by atoms with Gasteiger partial charge in [0, 0.05) is 33.2 Å². The number of carbonyl (C=O) groups excluding carboxylic acids is 4. The van der Waals surface area contributed by atoms with Gasteiger partial charge >= 0.3 is 24.0 Å². The first-order valence-electron chi connectivity index (χ1n) is 11.2. The third-order valence-corrected chi connectivity index (χ3v) is 4.85. The number of carbonyl (C=O) groups is 4. The lowest BCUT2D eigenvalue weighted by molar-refractivity contribution is -0.264. The zero-order valence-electron chi connectivity index (χ0n) is 20.6. The lowest BCUT2D eigenvalue weighted by Gasteiger charge is -2.44. The highest BCUT2D eigenvalue weighted by Gasteiger charge is 2.47. The number of nitrogens with one attached hydrogen (secondary N) is 2. The van der Waals surface area contributed by atoms with Crippen molar-refractivity contribution in [3.63, 3.8) is 0 Å². The van der Waals surface area contributed by atoms with Gasteiger partial charge in [-0.05, 0) is 0 Å². The maximum absolute atomic E-state index is 12.0. The molecule has 1 heterocycles. The molecule has 12 nitrogen and oxygen atoms in total. The third kappa shape index (κ3) is 12.0. The van der Waals surface area contributed by atoms with Crippen LogP contribution in [0.5, 0.6) is 0 Å². The van der Waals surface area contributed by atoms with E-state index in [0.717, 1.165) is 0 Å². The smallest absolute Gasteiger partial charge is 0.463 e. The van der Waals surface area contributed by atoms with Crippen LogP contribution in [0.1, 0.15) is 27.7 Å². The van der Waals surface area contributed by atoms with Crippen LogP contribution in [0.25, 0.3) is 0 Å². The van der Waals surface area contributed by atoms with E-state index in [2.05, 4.69) is 5.32 Å². The van der Waals surface area contributed by atoms with Gasteiger partial charge in [0.1, 0.15) is 18.8 Å². The molecule has 2 unspecified atom stereocenters. The van der Waals surface area contributed by atoms with Gasteiger partial charge in [0.15, 0.2) is 6.29 Å². The minimum Gasteiger partial charge on any atom is -0.463 e. The molecule has 0 aromatic carbocycles. The lowest BCUT2D eigenvalue weighted by Crippen LogP contribution is -2.62. The molecular formula is C21H33F3N2O10. The molecule has 15 heteroatoms. The van der Waals surface area contributed by atoms with Crippen LogP contribution in [-0.4, -0.2) is 101 Å². The van der Waals surface area contributed by atoms with Crippen LogP contribution in [0.2, 0.25) is 0 Å². The topological polar surface area (TPSA) is 148 Å². The summed E-state index contributed by atoms with van der Waals surface area (Å²) in [6.07, 6.45) is -7.56. The maximum Gasteiger partial charge on any atom is 0.471 e. The van der Waals surface area contributed by atoms with Gasteiger partial charge in [-0.3, -0.25) is 19.2 Å². The molecule has 1 rings (SSSR count). The van der Waals surface area contributed by atoms with Crippen molar-refractivity contribution in [3.8, 4) is 0 Å². The zero-order valence-corrected chi connectivity index (χ0v) is 20.6. The Morgan fingerprint density at radius 2 is 1.53 bits per heavy atom. The molecule has 1 fully saturated rings. The van der Waals surface area contributed by atoms with Gasteiger partial charge in [-0.2, -0.15) is 13.2 Å². The molecule has 5 atom stereocenters. The fourth-order valence-corrected chi connectivity index (χ4v) is 3.29. The molecule has 0 radical (unpaired) electrons. The van der Waals surface area contributed by atoms with Gasteiger partial charge in [-0.25, -0.2) is 0 Å². The first-order chi connectivity index (χ1) is 16.8. The van der Waals surface area contributed by atoms with Crippen molar-refractivity contribution >= 4 is 23.8 Å². The first-order valence-corrected chi connectivity index (χ1v) is 11.2. The Hall–Kier alpha value is -2.49. The van der Waals surface area contributed by atoms with Crippen molar-refractivity contribution < 1.29 is 60.8 Å². The molecule has 2 N–H and O–H groups in total. The minimum absolute atomic E-state index is 0.0353. The predicted octanol–water partition coefficient (Wildman–Crippen LogP) is 0.0752. The lowest BCUT2D eigenvalue weighted by atomic mass is 9.88. The summed E-state index contributed by atoms with van der Waals surface area (Å²) in [4.78, 5) is 45.2. The summed E-state index contributed by atoms with van der Waals surface area (Å²) in [6, 6.07) is -0.685. The van der Waals surface area contributed by atoms with Gasteiger partial charge < -0.3 is 39.1 Å². The Kier molecular flexibility index (Phi) is 13.7. The van der Waals surface area contributed by atoms with Crippen molar-refractivity contribution in [1.29, 1.82) is 0 Å². The molecule has 1 saturated heterocycles. The molecule has 36 heavy (non-hydrogen) atoms. The average Bonchev–Trinajstić information content (AvgIpc) is 2.76. The number of esters is 2. The molecular weight excluding hydrogens is 497 g/mol. The molecule has 0 aromatic heterocycles. The number of rotatable bonds is 14. The van der Waals surface area contributed by atoms with E-state index in [1.165, 1.54) is 20.8 Å². The number of hydrogen-bond acceptors (Lipinski definition) is 10. The standard InChI is InChI=1S/C21H33F3N2O10/c1-12-17(26-13(2)27)19(36-16(11-34-14(3)28)18(12)35-15(4)29)33-10-9-32-8-7-31-6-5-25-20(30)21(22,23)24/h12,16-19H,5-11H2,1-4H3,(H,25,30)(H,26,27)/t12-,16?,17?,18-,19-/m1/s1. The van der Waals surface area contributed by atoms with Gasteiger partial charge in [-0.15, -0.1) is 0 Å². The second kappa shape index (κ2) is 15.6. The Bertz CT molecular complexity index is 735. The fraction of sp³-hybridized carbons (Fsp3) is 0.810. The largest absolute Gasteiger partial charge is 0.471 e. The molecule has 0 bridgehead atoms. The summed E-state index contributed by atoms with van der Waals surface area (Å²) in [5, 5.41) is 4.39. The zero-order chi connectivity index (χ0) is 27.3. The maximum atomic E-state index is 12.0. The molecule has 0 aliphatic carbocycles. The predicted molar refractivity (Wildman–Crippen MR) is 114 cm³/mol. The van der Waals surface area contributed by atoms with Crippen molar-refractivity contribution in [2.45, 2.75) is 58.4 Å². The second-order valence-electron chi connectivity index (χ2n) is 7.85. The third-order valence-electron chi connectivity index (χ3n) is 4.85. The molecule has 0 saturated carbocycles. The van der Waals surface area contributed by atoms with Gasteiger partial charge in [0.2, 0.25) is 5.91 Å². The molecule has 0 aromatic rings. The van der Waals surface area contributed by atoms with E-state index in [0.29, 0.717) is 0 Å². The van der Waals surface area contributed by atoms with E-state index >= 15 is 0 Å². The SMILES string of the molecule is CC(=O)NC1[C@H](OCCOCCOCCNC(=O)C(F)(F)F)OC(COC(C)=O)[C@H](OC(C)=O)[C@@H]1C. The van der Waals surface area contributed by atoms with Crippen LogP contribution in [0.4, 0.5) is 13.2 Å². The normalized spacial score (nSPS) is 24.0. The van der Waals surface area contributed by atoms with Crippen LogP contribution < -0.4 is 10.6 Å². The average molecular weight is 530 g/mol. The number of amides is 2. The van der Waals surface area contributed by atoms with Crippen molar-refractivity contribution in [1.82, 2.24) is 10.6 Å². The number of hydrogen-bond donors (Lipinski definition) is 2. The summed E-state index contributed by atoms with van der Waals surface area (Å²) in [7, 11) is 0. The molecule has 1 aliphatic rings. The van der Waals surface area contributed by atoms with E-state index in [-0.39, 0.29) is 52.1 Å². The minimum atomic E-state index is -4.94. The van der Waals surface area contributed by atoms with Crippen molar-refractivity contribution in [3.05, 3.63) is 0 Å². The number of ether oxygens (including phenoxy) is 6. The fourth-order valence-electron chi connectivity index (χ4n) is 3.29. The van der Waals surface area contributed by atoms with Crippen LogP contribution in [0.15, 0.2) is 0 Å². The Morgan fingerprint density at radius 1 is 0.917 bits per heavy atom. The van der Waals surface area contributed by atoms with Gasteiger partial charge in [-0.1, -0.05) is 6.92 Å². The number of halogens is 3. The van der Waals surface area contributed by atoms with E-state index in [4.69, 9.17) is 28.4 Å².